The van der Waals surface area contributed by atoms with Crippen LogP contribution in [0.1, 0.15) is 5.56 Å². The Labute approximate surface area is 162 Å². The van der Waals surface area contributed by atoms with E-state index in [1.165, 1.54) is 0 Å². The minimum atomic E-state index is -4.72. The van der Waals surface area contributed by atoms with Crippen LogP contribution in [0.15, 0.2) is 17.2 Å². The van der Waals surface area contributed by atoms with E-state index in [0.717, 1.165) is 5.01 Å². The lowest BCUT2D eigenvalue weighted by molar-refractivity contribution is -0.137. The van der Waals surface area contributed by atoms with Crippen LogP contribution >= 0.6 is 47.2 Å². The van der Waals surface area contributed by atoms with E-state index in [1.54, 1.807) is 0 Å². The van der Waals surface area contributed by atoms with Crippen molar-refractivity contribution in [2.45, 2.75) is 23.1 Å². The van der Waals surface area contributed by atoms with Gasteiger partial charge < -0.3 is 11.5 Å². The summed E-state index contributed by atoms with van der Waals surface area (Å²) in [7, 11) is 0. The molecule has 0 aliphatic carbocycles. The fourth-order valence-electron chi connectivity index (χ4n) is 2.14. The van der Waals surface area contributed by atoms with Crippen LogP contribution in [-0.4, -0.2) is 27.6 Å². The van der Waals surface area contributed by atoms with Crippen molar-refractivity contribution in [3.05, 3.63) is 27.7 Å². The first-order valence-corrected chi connectivity index (χ1v) is 8.50. The number of nitrogens with zero attached hydrogens (tertiary/aromatic N) is 2. The molecule has 2 unspecified atom stereocenters. The van der Waals surface area contributed by atoms with E-state index in [2.05, 4.69) is 17.3 Å². The maximum Gasteiger partial charge on any atom is 0.442 e. The second-order valence-corrected chi connectivity index (χ2v) is 7.42. The molecule has 2 atom stereocenters. The average Bonchev–Trinajstić information content (AvgIpc) is 2.73. The highest BCUT2D eigenvalue weighted by Crippen LogP contribution is 2.44. The SMILES string of the molecule is NC(=S)C1=NN(c2c(Cl)cc(C(F)(F)F)cc2Cl)C(N)C1SC(F)(F)F. The van der Waals surface area contributed by atoms with Crippen molar-refractivity contribution in [3.8, 4) is 0 Å². The molecule has 0 fully saturated rings. The van der Waals surface area contributed by atoms with Gasteiger partial charge in [-0.1, -0.05) is 35.4 Å². The van der Waals surface area contributed by atoms with Crippen LogP contribution in [0.3, 0.4) is 0 Å². The normalized spacial score (nSPS) is 21.1. The fraction of sp³-hybridized carbons (Fsp3) is 0.333. The summed E-state index contributed by atoms with van der Waals surface area (Å²) in [5.41, 5.74) is 4.73. The smallest absolute Gasteiger partial charge is 0.388 e. The number of nitrogens with two attached hydrogens (primary N) is 2. The molecule has 0 amide bonds. The molecule has 0 saturated carbocycles. The summed E-state index contributed by atoms with van der Waals surface area (Å²) >= 11 is 15.9. The number of benzene rings is 1. The lowest BCUT2D eigenvalue weighted by Gasteiger charge is -2.26. The Kier molecular flexibility index (Phi) is 5.93. The molecule has 1 heterocycles. The van der Waals surface area contributed by atoms with E-state index >= 15 is 0 Å². The molecule has 1 aromatic rings. The molecule has 26 heavy (non-hydrogen) atoms. The standard InChI is InChI=1S/C12H8Cl2F6N4S2/c13-4-1-3(11(15,16)17)2-5(14)7(4)24-9(21)8(26-12(18,19)20)6(23-24)10(22)25/h1-2,8-9H,21H2,(H2,22,25). The minimum Gasteiger partial charge on any atom is -0.388 e. The molecule has 144 valence electrons. The number of thioether (sulfide) groups is 1. The molecule has 1 aromatic carbocycles. The largest absolute Gasteiger partial charge is 0.442 e. The lowest BCUT2D eigenvalue weighted by atomic mass is 10.1. The Morgan fingerprint density at radius 3 is 2.04 bits per heavy atom. The predicted molar refractivity (Wildman–Crippen MR) is 93.6 cm³/mol. The van der Waals surface area contributed by atoms with Crippen molar-refractivity contribution >= 4 is 63.6 Å². The molecule has 1 aliphatic heterocycles. The van der Waals surface area contributed by atoms with E-state index in [0.29, 0.717) is 12.1 Å². The van der Waals surface area contributed by atoms with E-state index in [4.69, 9.17) is 34.7 Å². The second-order valence-electron chi connectivity index (χ2n) is 4.96. The number of anilines is 1. The molecule has 14 heteroatoms. The highest BCUT2D eigenvalue weighted by atomic mass is 35.5. The van der Waals surface area contributed by atoms with E-state index < -0.39 is 55.5 Å². The summed E-state index contributed by atoms with van der Waals surface area (Å²) in [6, 6.07) is 1.13. The van der Waals surface area contributed by atoms with Gasteiger partial charge in [-0.05, 0) is 23.9 Å². The average molecular weight is 457 g/mol. The summed E-state index contributed by atoms with van der Waals surface area (Å²) in [6.07, 6.45) is -6.19. The number of rotatable bonds is 3. The zero-order chi connectivity index (χ0) is 20.0. The van der Waals surface area contributed by atoms with Crippen molar-refractivity contribution in [2.24, 2.45) is 16.6 Å². The zero-order valence-electron chi connectivity index (χ0n) is 12.2. The van der Waals surface area contributed by atoms with Crippen LogP contribution in [0, 0.1) is 0 Å². The molecule has 0 spiro atoms. The Bertz CT molecular complexity index is 744. The monoisotopic (exact) mass is 456 g/mol. The van der Waals surface area contributed by atoms with Gasteiger partial charge in [-0.2, -0.15) is 31.4 Å². The Morgan fingerprint density at radius 2 is 1.65 bits per heavy atom. The van der Waals surface area contributed by atoms with Crippen LogP contribution < -0.4 is 16.5 Å². The first-order chi connectivity index (χ1) is 11.7. The summed E-state index contributed by atoms with van der Waals surface area (Å²) in [4.78, 5) is -0.441. The van der Waals surface area contributed by atoms with Gasteiger partial charge in [0.2, 0.25) is 0 Å². The van der Waals surface area contributed by atoms with E-state index in [-0.39, 0.29) is 11.4 Å². The van der Waals surface area contributed by atoms with Crippen molar-refractivity contribution in [3.63, 3.8) is 0 Å². The number of hydrogen-bond acceptors (Lipinski definition) is 5. The van der Waals surface area contributed by atoms with Crippen LogP contribution in [0.25, 0.3) is 0 Å². The number of alkyl halides is 6. The van der Waals surface area contributed by atoms with Crippen LogP contribution in [0.5, 0.6) is 0 Å². The van der Waals surface area contributed by atoms with Gasteiger partial charge in [0.1, 0.15) is 16.9 Å². The Balaban J connectivity index is 2.50. The zero-order valence-corrected chi connectivity index (χ0v) is 15.3. The van der Waals surface area contributed by atoms with E-state index in [1.807, 2.05) is 0 Å². The summed E-state index contributed by atoms with van der Waals surface area (Å²) in [5, 5.41) is 2.08. The third-order valence-electron chi connectivity index (χ3n) is 3.16. The van der Waals surface area contributed by atoms with Crippen molar-refractivity contribution in [2.75, 3.05) is 5.01 Å². The Hall–Kier alpha value is -0.950. The molecule has 0 radical (unpaired) electrons. The molecule has 4 nitrogen and oxygen atoms in total. The number of thiocarbonyl (C=S) groups is 1. The van der Waals surface area contributed by atoms with Gasteiger partial charge in [-0.3, -0.25) is 0 Å². The molecular formula is C12H8Cl2F6N4S2. The molecule has 4 N–H and O–H groups in total. The number of hydrogen-bond donors (Lipinski definition) is 2. The molecule has 1 aliphatic rings. The van der Waals surface area contributed by atoms with Crippen molar-refractivity contribution in [1.82, 2.24) is 0 Å². The highest BCUT2D eigenvalue weighted by Gasteiger charge is 2.46. The van der Waals surface area contributed by atoms with Gasteiger partial charge in [0.15, 0.2) is 0 Å². The Morgan fingerprint density at radius 1 is 1.15 bits per heavy atom. The number of hydrazone groups is 1. The molecular weight excluding hydrogens is 449 g/mol. The van der Waals surface area contributed by atoms with Crippen LogP contribution in [-0.2, 0) is 6.18 Å². The second kappa shape index (κ2) is 7.23. The topological polar surface area (TPSA) is 67.6 Å². The number of halogens is 8. The minimum absolute atomic E-state index is 0.284. The predicted octanol–water partition coefficient (Wildman–Crippen LogP) is 4.38. The highest BCUT2D eigenvalue weighted by molar-refractivity contribution is 8.01. The molecule has 2 rings (SSSR count). The summed E-state index contributed by atoms with van der Waals surface area (Å²) in [5.74, 6) is 0. The van der Waals surface area contributed by atoms with Crippen LogP contribution in [0.4, 0.5) is 32.0 Å². The molecule has 0 aromatic heterocycles. The molecule has 0 bridgehead atoms. The third kappa shape index (κ3) is 4.47. The van der Waals surface area contributed by atoms with Crippen molar-refractivity contribution < 1.29 is 26.3 Å². The van der Waals surface area contributed by atoms with Gasteiger partial charge in [-0.15, -0.1) is 0 Å². The van der Waals surface area contributed by atoms with Gasteiger partial charge in [0.25, 0.3) is 0 Å². The first-order valence-electron chi connectivity index (χ1n) is 6.46. The summed E-state index contributed by atoms with van der Waals surface area (Å²) in [6.45, 7) is 0. The third-order valence-corrected chi connectivity index (χ3v) is 4.97. The van der Waals surface area contributed by atoms with Gasteiger partial charge in [-0.25, -0.2) is 5.01 Å². The van der Waals surface area contributed by atoms with Gasteiger partial charge >= 0.3 is 11.7 Å². The van der Waals surface area contributed by atoms with E-state index in [9.17, 15) is 26.3 Å². The van der Waals surface area contributed by atoms with Gasteiger partial charge in [0.05, 0.1) is 26.5 Å². The maximum atomic E-state index is 12.8. The fourth-order valence-corrected chi connectivity index (χ4v) is 3.87. The van der Waals surface area contributed by atoms with Gasteiger partial charge in [0, 0.05) is 0 Å². The lowest BCUT2D eigenvalue weighted by Crippen LogP contribution is -2.46. The molecule has 0 saturated heterocycles. The maximum absolute atomic E-state index is 12.8. The van der Waals surface area contributed by atoms with Crippen LogP contribution in [0.2, 0.25) is 10.0 Å². The van der Waals surface area contributed by atoms with Crippen molar-refractivity contribution in [1.29, 1.82) is 0 Å². The quantitative estimate of drug-likeness (QED) is 0.521. The first kappa shape index (κ1) is 21.4. The summed E-state index contributed by atoms with van der Waals surface area (Å²) < 4.78 is 76.7.